The monoisotopic (exact) mass is 567 g/mol. The molecule has 3 unspecified atom stereocenters. The highest BCUT2D eigenvalue weighted by Gasteiger charge is 2.48. The van der Waals surface area contributed by atoms with Crippen molar-refractivity contribution >= 4 is 29.1 Å². The number of hydrogen-bond acceptors (Lipinski definition) is 4. The van der Waals surface area contributed by atoms with Crippen LogP contribution in [0.4, 0.5) is 14.5 Å². The predicted octanol–water partition coefficient (Wildman–Crippen LogP) is 5.25. The summed E-state index contributed by atoms with van der Waals surface area (Å²) in [5, 5.41) is 3.55. The summed E-state index contributed by atoms with van der Waals surface area (Å²) < 4.78 is 32.9. The number of nitrogens with zero attached hydrogens (tertiary/aromatic N) is 2. The summed E-state index contributed by atoms with van der Waals surface area (Å²) in [4.78, 5) is 31.8. The molecule has 5 rings (SSSR count). The highest BCUT2D eigenvalue weighted by atomic mass is 35.5. The molecule has 210 valence electrons. The second-order valence-electron chi connectivity index (χ2n) is 10.4. The Kier molecular flexibility index (Phi) is 8.78. The molecule has 0 spiro atoms. The van der Waals surface area contributed by atoms with Crippen LogP contribution in [0.25, 0.3) is 0 Å². The molecule has 1 heterocycles. The highest BCUT2D eigenvalue weighted by Crippen LogP contribution is 2.50. The van der Waals surface area contributed by atoms with Crippen molar-refractivity contribution in [2.45, 2.75) is 25.3 Å². The van der Waals surface area contributed by atoms with Crippen LogP contribution >= 0.6 is 11.6 Å². The predicted molar refractivity (Wildman–Crippen MR) is 150 cm³/mol. The molecule has 0 bridgehead atoms. The van der Waals surface area contributed by atoms with Crippen molar-refractivity contribution in [2.24, 2.45) is 5.92 Å². The van der Waals surface area contributed by atoms with Gasteiger partial charge >= 0.3 is 0 Å². The number of carbonyl (C=O) groups is 2. The quantitative estimate of drug-likeness (QED) is 0.383. The van der Waals surface area contributed by atoms with Crippen LogP contribution in [0.3, 0.4) is 0 Å². The highest BCUT2D eigenvalue weighted by molar-refractivity contribution is 6.30. The Hall–Kier alpha value is -3.33. The first-order valence-electron chi connectivity index (χ1n) is 13.5. The van der Waals surface area contributed by atoms with E-state index in [2.05, 4.69) is 10.2 Å². The maximum atomic E-state index is 14.2. The van der Waals surface area contributed by atoms with E-state index in [4.69, 9.17) is 16.3 Å². The molecule has 9 heteroatoms. The van der Waals surface area contributed by atoms with Crippen LogP contribution in [-0.2, 0) is 14.3 Å². The Bertz CT molecular complexity index is 1350. The SMILES string of the molecule is Cc1ccc(N(C(=O)C2CC2c2ccc(F)c(F)c2)C(C(=O)NCCN2CCOCC2)c2ccc(Cl)cc2)cc1. The molecule has 2 fully saturated rings. The largest absolute Gasteiger partial charge is 0.379 e. The standard InChI is InChI=1S/C31H32ClF2N3O3/c1-20-2-9-24(10-3-20)37(31(39)26-19-25(26)22-6-11-27(33)28(34)18-22)29(21-4-7-23(32)8-5-21)30(38)35-12-13-36-14-16-40-17-15-36/h2-11,18,25-26,29H,12-17,19H2,1H3,(H,35,38). The van der Waals surface area contributed by atoms with Gasteiger partial charge in [-0.2, -0.15) is 0 Å². The van der Waals surface area contributed by atoms with E-state index in [9.17, 15) is 18.4 Å². The van der Waals surface area contributed by atoms with Gasteiger partial charge in [0.25, 0.3) is 0 Å². The van der Waals surface area contributed by atoms with E-state index in [-0.39, 0.29) is 17.7 Å². The van der Waals surface area contributed by atoms with E-state index >= 15 is 0 Å². The first-order chi connectivity index (χ1) is 19.3. The first-order valence-corrected chi connectivity index (χ1v) is 13.9. The third-order valence-electron chi connectivity index (χ3n) is 7.55. The second kappa shape index (κ2) is 12.5. The summed E-state index contributed by atoms with van der Waals surface area (Å²) in [6.07, 6.45) is 0.484. The van der Waals surface area contributed by atoms with Crippen molar-refractivity contribution in [1.82, 2.24) is 10.2 Å². The van der Waals surface area contributed by atoms with Crippen LogP contribution in [0.5, 0.6) is 0 Å². The van der Waals surface area contributed by atoms with Crippen LogP contribution in [0.1, 0.15) is 35.1 Å². The van der Waals surface area contributed by atoms with E-state index in [1.807, 2.05) is 31.2 Å². The van der Waals surface area contributed by atoms with Crippen LogP contribution in [-0.4, -0.2) is 56.1 Å². The van der Waals surface area contributed by atoms with Gasteiger partial charge in [0.1, 0.15) is 6.04 Å². The number of ether oxygens (including phenoxy) is 1. The number of halogens is 3. The van der Waals surface area contributed by atoms with Crippen LogP contribution in [0.2, 0.25) is 5.02 Å². The summed E-state index contributed by atoms with van der Waals surface area (Å²) in [6.45, 7) is 5.97. The number of amides is 2. The Morgan fingerprint density at radius 3 is 2.40 bits per heavy atom. The number of nitrogens with one attached hydrogen (secondary N) is 1. The number of rotatable bonds is 9. The molecule has 1 saturated carbocycles. The maximum absolute atomic E-state index is 14.2. The minimum atomic E-state index is -0.955. The lowest BCUT2D eigenvalue weighted by Crippen LogP contribution is -2.47. The zero-order valence-corrected chi connectivity index (χ0v) is 23.0. The summed E-state index contributed by atoms with van der Waals surface area (Å²) in [5.41, 5.74) is 2.78. The minimum Gasteiger partial charge on any atom is -0.379 e. The fourth-order valence-electron chi connectivity index (χ4n) is 5.19. The minimum absolute atomic E-state index is 0.248. The number of anilines is 1. The van der Waals surface area contributed by atoms with Crippen molar-refractivity contribution in [3.63, 3.8) is 0 Å². The molecule has 1 saturated heterocycles. The number of hydrogen-bond donors (Lipinski definition) is 1. The third-order valence-corrected chi connectivity index (χ3v) is 7.80. The molecule has 1 N–H and O–H groups in total. The summed E-state index contributed by atoms with van der Waals surface area (Å²) in [6, 6.07) is 17.1. The van der Waals surface area contributed by atoms with E-state index in [0.29, 0.717) is 54.6 Å². The molecule has 1 aliphatic carbocycles. The molecule has 3 atom stereocenters. The zero-order valence-electron chi connectivity index (χ0n) is 22.3. The van der Waals surface area contributed by atoms with Gasteiger partial charge in [0.15, 0.2) is 11.6 Å². The van der Waals surface area contributed by atoms with Crippen molar-refractivity contribution in [1.29, 1.82) is 0 Å². The van der Waals surface area contributed by atoms with E-state index in [0.717, 1.165) is 30.8 Å². The topological polar surface area (TPSA) is 61.9 Å². The van der Waals surface area contributed by atoms with Crippen LogP contribution in [0.15, 0.2) is 66.7 Å². The summed E-state index contributed by atoms with van der Waals surface area (Å²) in [7, 11) is 0. The normalized spacial score (nSPS) is 19.6. The van der Waals surface area contributed by atoms with Crippen molar-refractivity contribution in [3.8, 4) is 0 Å². The fraction of sp³-hybridized carbons (Fsp3) is 0.355. The molecule has 1 aliphatic heterocycles. The Morgan fingerprint density at radius 1 is 1.02 bits per heavy atom. The van der Waals surface area contributed by atoms with Gasteiger partial charge in [-0.25, -0.2) is 8.78 Å². The van der Waals surface area contributed by atoms with E-state index < -0.39 is 23.6 Å². The Morgan fingerprint density at radius 2 is 1.73 bits per heavy atom. The van der Waals surface area contributed by atoms with Crippen LogP contribution < -0.4 is 10.2 Å². The molecule has 3 aromatic carbocycles. The fourth-order valence-corrected chi connectivity index (χ4v) is 5.31. The average Bonchev–Trinajstić information content (AvgIpc) is 3.76. The maximum Gasteiger partial charge on any atom is 0.247 e. The first kappa shape index (κ1) is 28.2. The zero-order chi connectivity index (χ0) is 28.2. The van der Waals surface area contributed by atoms with Gasteiger partial charge in [-0.3, -0.25) is 19.4 Å². The Balaban J connectivity index is 1.44. The van der Waals surface area contributed by atoms with Crippen molar-refractivity contribution in [2.75, 3.05) is 44.3 Å². The second-order valence-corrected chi connectivity index (χ2v) is 10.8. The molecule has 40 heavy (non-hydrogen) atoms. The van der Waals surface area contributed by atoms with Crippen molar-refractivity contribution < 1.29 is 23.1 Å². The summed E-state index contributed by atoms with van der Waals surface area (Å²) >= 11 is 6.16. The van der Waals surface area contributed by atoms with Crippen molar-refractivity contribution in [3.05, 3.63) is 100 Å². The number of morpholine rings is 1. The van der Waals surface area contributed by atoms with Gasteiger partial charge in [-0.05, 0) is 66.8 Å². The molecule has 6 nitrogen and oxygen atoms in total. The van der Waals surface area contributed by atoms with Gasteiger partial charge < -0.3 is 10.1 Å². The van der Waals surface area contributed by atoms with Gasteiger partial charge in [-0.1, -0.05) is 47.5 Å². The molecular weight excluding hydrogens is 536 g/mol. The average molecular weight is 568 g/mol. The smallest absolute Gasteiger partial charge is 0.247 e. The molecule has 2 amide bonds. The Labute approximate surface area is 237 Å². The third kappa shape index (κ3) is 6.52. The molecule has 3 aromatic rings. The van der Waals surface area contributed by atoms with Gasteiger partial charge in [-0.15, -0.1) is 0 Å². The van der Waals surface area contributed by atoms with Gasteiger partial charge in [0, 0.05) is 42.8 Å². The molecule has 0 aromatic heterocycles. The molecule has 0 radical (unpaired) electrons. The van der Waals surface area contributed by atoms with Gasteiger partial charge in [0.2, 0.25) is 11.8 Å². The van der Waals surface area contributed by atoms with Gasteiger partial charge in [0.05, 0.1) is 13.2 Å². The molecular formula is C31H32ClF2N3O3. The molecule has 2 aliphatic rings. The van der Waals surface area contributed by atoms with E-state index in [1.54, 1.807) is 24.3 Å². The number of aryl methyl sites for hydroxylation is 1. The summed E-state index contributed by atoms with van der Waals surface area (Å²) in [5.74, 6) is -3.15. The lowest BCUT2D eigenvalue weighted by molar-refractivity contribution is -0.127. The lowest BCUT2D eigenvalue weighted by Gasteiger charge is -2.32. The van der Waals surface area contributed by atoms with E-state index in [1.165, 1.54) is 11.0 Å². The lowest BCUT2D eigenvalue weighted by atomic mass is 10.0. The van der Waals surface area contributed by atoms with Crippen LogP contribution in [0, 0.1) is 24.5 Å². The number of benzene rings is 3. The number of carbonyl (C=O) groups excluding carboxylic acids is 2.